The number of benzene rings is 2. The van der Waals surface area contributed by atoms with Crippen LogP contribution in [0.15, 0.2) is 42.5 Å². The summed E-state index contributed by atoms with van der Waals surface area (Å²) in [5.74, 6) is 0. The standard InChI is InChI=1S/C18H24N2/c1-2-20(14-18-8-5-11-19-18)13-15-9-10-16-6-3-4-7-17(16)12-15/h3-4,6-7,9-10,12,18-19H,2,5,8,11,13-14H2,1H3. The highest BCUT2D eigenvalue weighted by Gasteiger charge is 2.17. The summed E-state index contributed by atoms with van der Waals surface area (Å²) in [5, 5.41) is 6.27. The van der Waals surface area contributed by atoms with Crippen molar-refractivity contribution in [2.24, 2.45) is 0 Å². The fourth-order valence-electron chi connectivity index (χ4n) is 3.13. The van der Waals surface area contributed by atoms with Crippen molar-refractivity contribution < 1.29 is 0 Å². The molecule has 0 aliphatic carbocycles. The van der Waals surface area contributed by atoms with Crippen molar-refractivity contribution in [3.63, 3.8) is 0 Å². The number of hydrogen-bond donors (Lipinski definition) is 1. The van der Waals surface area contributed by atoms with Crippen LogP contribution in [-0.2, 0) is 6.54 Å². The van der Waals surface area contributed by atoms with Gasteiger partial charge in [-0.1, -0.05) is 43.3 Å². The van der Waals surface area contributed by atoms with Gasteiger partial charge in [0, 0.05) is 19.1 Å². The molecule has 2 aromatic rings. The molecule has 0 aromatic heterocycles. The summed E-state index contributed by atoms with van der Waals surface area (Å²) in [6.45, 7) is 6.79. The Balaban J connectivity index is 1.69. The average Bonchev–Trinajstić information content (AvgIpc) is 2.99. The molecule has 106 valence electrons. The van der Waals surface area contributed by atoms with Crippen LogP contribution in [0.5, 0.6) is 0 Å². The first-order chi connectivity index (χ1) is 9.85. The molecular formula is C18H24N2. The molecule has 0 saturated carbocycles. The van der Waals surface area contributed by atoms with Crippen LogP contribution in [0.25, 0.3) is 10.8 Å². The van der Waals surface area contributed by atoms with Crippen molar-refractivity contribution in [1.82, 2.24) is 10.2 Å². The van der Waals surface area contributed by atoms with Crippen molar-refractivity contribution in [1.29, 1.82) is 0 Å². The molecule has 0 spiro atoms. The molecule has 1 aliphatic rings. The van der Waals surface area contributed by atoms with Gasteiger partial charge in [0.2, 0.25) is 0 Å². The smallest absolute Gasteiger partial charge is 0.0234 e. The van der Waals surface area contributed by atoms with Gasteiger partial charge in [0.1, 0.15) is 0 Å². The fraction of sp³-hybridized carbons (Fsp3) is 0.444. The summed E-state index contributed by atoms with van der Waals surface area (Å²) >= 11 is 0. The maximum absolute atomic E-state index is 3.60. The van der Waals surface area contributed by atoms with Crippen LogP contribution in [0.1, 0.15) is 25.3 Å². The number of hydrogen-bond acceptors (Lipinski definition) is 2. The van der Waals surface area contributed by atoms with E-state index in [1.807, 2.05) is 0 Å². The van der Waals surface area contributed by atoms with Crippen molar-refractivity contribution >= 4 is 10.8 Å². The first kappa shape index (κ1) is 13.6. The Labute approximate surface area is 121 Å². The molecule has 1 saturated heterocycles. The van der Waals surface area contributed by atoms with Crippen molar-refractivity contribution in [2.75, 3.05) is 19.6 Å². The van der Waals surface area contributed by atoms with Gasteiger partial charge in [-0.15, -0.1) is 0 Å². The lowest BCUT2D eigenvalue weighted by Crippen LogP contribution is -2.37. The largest absolute Gasteiger partial charge is 0.313 e. The third kappa shape index (κ3) is 3.20. The summed E-state index contributed by atoms with van der Waals surface area (Å²) < 4.78 is 0. The number of nitrogens with zero attached hydrogens (tertiary/aromatic N) is 1. The van der Waals surface area contributed by atoms with Crippen LogP contribution >= 0.6 is 0 Å². The highest BCUT2D eigenvalue weighted by atomic mass is 15.1. The molecule has 3 rings (SSSR count). The highest BCUT2D eigenvalue weighted by Crippen LogP contribution is 2.17. The molecule has 20 heavy (non-hydrogen) atoms. The molecule has 1 N–H and O–H groups in total. The molecule has 2 aromatic carbocycles. The van der Waals surface area contributed by atoms with Crippen LogP contribution in [0.2, 0.25) is 0 Å². The quantitative estimate of drug-likeness (QED) is 0.894. The summed E-state index contributed by atoms with van der Waals surface area (Å²) in [4.78, 5) is 2.55. The Kier molecular flexibility index (Phi) is 4.34. The van der Waals surface area contributed by atoms with E-state index in [0.29, 0.717) is 6.04 Å². The lowest BCUT2D eigenvalue weighted by atomic mass is 10.1. The first-order valence-electron chi connectivity index (χ1n) is 7.78. The van der Waals surface area contributed by atoms with Gasteiger partial charge in [0.05, 0.1) is 0 Å². The molecule has 2 nitrogen and oxygen atoms in total. The van der Waals surface area contributed by atoms with E-state index in [1.54, 1.807) is 0 Å². The Morgan fingerprint density at radius 3 is 2.75 bits per heavy atom. The zero-order chi connectivity index (χ0) is 13.8. The molecular weight excluding hydrogens is 244 g/mol. The normalized spacial score (nSPS) is 19.0. The lowest BCUT2D eigenvalue weighted by molar-refractivity contribution is 0.253. The monoisotopic (exact) mass is 268 g/mol. The zero-order valence-electron chi connectivity index (χ0n) is 12.3. The maximum atomic E-state index is 3.60. The molecule has 0 radical (unpaired) electrons. The minimum absolute atomic E-state index is 0.690. The van der Waals surface area contributed by atoms with Gasteiger partial charge in [-0.3, -0.25) is 4.90 Å². The van der Waals surface area contributed by atoms with Gasteiger partial charge < -0.3 is 5.32 Å². The van der Waals surface area contributed by atoms with E-state index >= 15 is 0 Å². The minimum atomic E-state index is 0.690. The summed E-state index contributed by atoms with van der Waals surface area (Å²) in [7, 11) is 0. The number of likely N-dealkylation sites (N-methyl/N-ethyl adjacent to an activating group) is 1. The van der Waals surface area contributed by atoms with E-state index in [0.717, 1.165) is 13.1 Å². The van der Waals surface area contributed by atoms with Crippen LogP contribution in [0.4, 0.5) is 0 Å². The SMILES string of the molecule is CCN(Cc1ccc2ccccc2c1)CC1CCCN1. The summed E-state index contributed by atoms with van der Waals surface area (Å²) in [5.41, 5.74) is 1.42. The van der Waals surface area contributed by atoms with Gasteiger partial charge in [0.25, 0.3) is 0 Å². The van der Waals surface area contributed by atoms with Gasteiger partial charge in [-0.25, -0.2) is 0 Å². The van der Waals surface area contributed by atoms with Crippen LogP contribution in [0.3, 0.4) is 0 Å². The lowest BCUT2D eigenvalue weighted by Gasteiger charge is -2.24. The second-order valence-corrected chi connectivity index (χ2v) is 5.80. The number of rotatable bonds is 5. The fourth-order valence-corrected chi connectivity index (χ4v) is 3.13. The average molecular weight is 268 g/mol. The van der Waals surface area contributed by atoms with E-state index in [1.165, 1.54) is 42.3 Å². The molecule has 2 heteroatoms. The minimum Gasteiger partial charge on any atom is -0.313 e. The van der Waals surface area contributed by atoms with Gasteiger partial charge in [-0.05, 0) is 48.3 Å². The van der Waals surface area contributed by atoms with Crippen LogP contribution in [-0.4, -0.2) is 30.6 Å². The van der Waals surface area contributed by atoms with E-state index in [-0.39, 0.29) is 0 Å². The Morgan fingerprint density at radius 2 is 2.00 bits per heavy atom. The maximum Gasteiger partial charge on any atom is 0.0234 e. The Hall–Kier alpha value is -1.38. The zero-order valence-corrected chi connectivity index (χ0v) is 12.3. The molecule has 1 unspecified atom stereocenters. The molecule has 0 amide bonds. The predicted octanol–water partition coefficient (Wildman–Crippen LogP) is 3.41. The van der Waals surface area contributed by atoms with Gasteiger partial charge in [-0.2, -0.15) is 0 Å². The predicted molar refractivity (Wildman–Crippen MR) is 85.9 cm³/mol. The highest BCUT2D eigenvalue weighted by molar-refractivity contribution is 5.82. The molecule has 1 aliphatic heterocycles. The Morgan fingerprint density at radius 1 is 1.15 bits per heavy atom. The van der Waals surface area contributed by atoms with E-state index in [9.17, 15) is 0 Å². The molecule has 1 heterocycles. The third-order valence-electron chi connectivity index (χ3n) is 4.31. The topological polar surface area (TPSA) is 15.3 Å². The molecule has 1 atom stereocenters. The van der Waals surface area contributed by atoms with E-state index in [2.05, 4.69) is 59.6 Å². The summed E-state index contributed by atoms with van der Waals surface area (Å²) in [6, 6.07) is 16.1. The van der Waals surface area contributed by atoms with Crippen LogP contribution < -0.4 is 5.32 Å². The van der Waals surface area contributed by atoms with Crippen molar-refractivity contribution in [2.45, 2.75) is 32.4 Å². The first-order valence-corrected chi connectivity index (χ1v) is 7.78. The van der Waals surface area contributed by atoms with Crippen molar-refractivity contribution in [3.05, 3.63) is 48.0 Å². The molecule has 1 fully saturated rings. The molecule has 0 bridgehead atoms. The van der Waals surface area contributed by atoms with E-state index < -0.39 is 0 Å². The number of fused-ring (bicyclic) bond motifs is 1. The van der Waals surface area contributed by atoms with E-state index in [4.69, 9.17) is 0 Å². The van der Waals surface area contributed by atoms with Crippen molar-refractivity contribution in [3.8, 4) is 0 Å². The third-order valence-corrected chi connectivity index (χ3v) is 4.31. The second kappa shape index (κ2) is 6.38. The second-order valence-electron chi connectivity index (χ2n) is 5.80. The van der Waals surface area contributed by atoms with Gasteiger partial charge in [0.15, 0.2) is 0 Å². The number of nitrogens with one attached hydrogen (secondary N) is 1. The Bertz CT molecular complexity index is 558. The summed E-state index contributed by atoms with van der Waals surface area (Å²) in [6.07, 6.45) is 2.66. The van der Waals surface area contributed by atoms with Gasteiger partial charge >= 0.3 is 0 Å². The van der Waals surface area contributed by atoms with Crippen LogP contribution in [0, 0.1) is 0 Å².